The van der Waals surface area contributed by atoms with E-state index in [0.29, 0.717) is 0 Å². The number of rotatable bonds is 10. The highest BCUT2D eigenvalue weighted by Gasteiger charge is 2.07. The normalized spacial score (nSPS) is 12.0. The highest BCUT2D eigenvalue weighted by molar-refractivity contribution is 5.90. The van der Waals surface area contributed by atoms with Crippen molar-refractivity contribution in [3.8, 4) is 0 Å². The van der Waals surface area contributed by atoms with Crippen LogP contribution < -0.4 is 0 Å². The summed E-state index contributed by atoms with van der Waals surface area (Å²) in [5.41, 5.74) is 3.87. The fourth-order valence-electron chi connectivity index (χ4n) is 1.79. The zero-order chi connectivity index (χ0) is 17.0. The lowest BCUT2D eigenvalue weighted by Crippen LogP contribution is -2.10. The van der Waals surface area contributed by atoms with E-state index in [1.807, 2.05) is 13.0 Å². The fraction of sp³-hybridized carbons (Fsp3) is 0.556. The third-order valence-corrected chi connectivity index (χ3v) is 3.09. The molecule has 0 aromatic heterocycles. The minimum atomic E-state index is -1.17. The molecule has 0 aromatic rings. The van der Waals surface area contributed by atoms with Crippen LogP contribution in [0.2, 0.25) is 0 Å². The predicted octanol–water partition coefficient (Wildman–Crippen LogP) is 4.42. The molecule has 0 unspecified atom stereocenters. The van der Waals surface area contributed by atoms with Crippen LogP contribution in [-0.4, -0.2) is 23.7 Å². The van der Waals surface area contributed by atoms with Crippen molar-refractivity contribution in [3.05, 3.63) is 34.9 Å². The summed E-state index contributed by atoms with van der Waals surface area (Å²) in [6, 6.07) is 0. The van der Waals surface area contributed by atoms with Crippen LogP contribution in [0.1, 0.15) is 59.8 Å². The Hall–Kier alpha value is -1.84. The van der Waals surface area contributed by atoms with Gasteiger partial charge in [-0.25, -0.2) is 0 Å². The van der Waals surface area contributed by atoms with Gasteiger partial charge in [0, 0.05) is 0 Å². The first-order valence-electron chi connectivity index (χ1n) is 7.63. The first-order valence-corrected chi connectivity index (χ1v) is 7.63. The van der Waals surface area contributed by atoms with Crippen LogP contribution in [0.4, 0.5) is 0 Å². The summed E-state index contributed by atoms with van der Waals surface area (Å²) in [5.74, 6) is -1.87. The maximum atomic E-state index is 11.0. The lowest BCUT2D eigenvalue weighted by Gasteiger charge is -2.03. The number of esters is 1. The molecular formula is C18H28O4. The van der Waals surface area contributed by atoms with Gasteiger partial charge in [0.05, 0.1) is 0 Å². The SMILES string of the molecule is CC(C)=CCC/C(C)=C/CC/C(C)=C/COC(=O)CC(=O)O. The van der Waals surface area contributed by atoms with E-state index in [0.717, 1.165) is 31.3 Å². The molecule has 0 aliphatic rings. The van der Waals surface area contributed by atoms with Gasteiger partial charge >= 0.3 is 11.9 Å². The molecule has 0 saturated heterocycles. The van der Waals surface area contributed by atoms with Crippen LogP contribution in [0.5, 0.6) is 0 Å². The average Bonchev–Trinajstić information content (AvgIpc) is 2.37. The summed E-state index contributed by atoms with van der Waals surface area (Å²) >= 11 is 0. The smallest absolute Gasteiger partial charge is 0.317 e. The van der Waals surface area contributed by atoms with Gasteiger partial charge < -0.3 is 9.84 Å². The maximum Gasteiger partial charge on any atom is 0.317 e. The van der Waals surface area contributed by atoms with Crippen LogP contribution in [0.15, 0.2) is 34.9 Å². The summed E-state index contributed by atoms with van der Waals surface area (Å²) < 4.78 is 4.81. The number of aliphatic carboxylic acids is 1. The molecule has 0 fully saturated rings. The van der Waals surface area contributed by atoms with E-state index in [4.69, 9.17) is 9.84 Å². The van der Waals surface area contributed by atoms with Crippen molar-refractivity contribution in [2.24, 2.45) is 0 Å². The van der Waals surface area contributed by atoms with E-state index in [1.54, 1.807) is 0 Å². The van der Waals surface area contributed by atoms with Gasteiger partial charge in [0.15, 0.2) is 0 Å². The molecular weight excluding hydrogens is 280 g/mol. The molecule has 0 spiro atoms. The largest absolute Gasteiger partial charge is 0.481 e. The van der Waals surface area contributed by atoms with Crippen LogP contribution >= 0.6 is 0 Å². The third kappa shape index (κ3) is 13.2. The van der Waals surface area contributed by atoms with Gasteiger partial charge in [0.2, 0.25) is 0 Å². The standard InChI is InChI=1S/C18H28O4/c1-14(2)7-5-8-15(3)9-6-10-16(4)11-12-22-18(21)13-17(19)20/h7,9,11H,5-6,8,10,12-13H2,1-4H3,(H,19,20)/b15-9+,16-11+. The Morgan fingerprint density at radius 3 is 2.00 bits per heavy atom. The second kappa shape index (κ2) is 11.8. The summed E-state index contributed by atoms with van der Waals surface area (Å²) in [6.45, 7) is 8.48. The first-order chi connectivity index (χ1) is 10.3. The fourth-order valence-corrected chi connectivity index (χ4v) is 1.79. The molecule has 1 N–H and O–H groups in total. The molecule has 0 rings (SSSR count). The number of allylic oxidation sites excluding steroid dienone is 5. The lowest BCUT2D eigenvalue weighted by atomic mass is 10.1. The Morgan fingerprint density at radius 1 is 0.909 bits per heavy atom. The average molecular weight is 308 g/mol. The van der Waals surface area contributed by atoms with Crippen molar-refractivity contribution in [3.63, 3.8) is 0 Å². The molecule has 124 valence electrons. The summed E-state index contributed by atoms with van der Waals surface area (Å²) in [7, 11) is 0. The molecule has 0 aliphatic heterocycles. The van der Waals surface area contributed by atoms with Crippen molar-refractivity contribution in [1.82, 2.24) is 0 Å². The summed E-state index contributed by atoms with van der Waals surface area (Å²) in [5, 5.41) is 8.43. The van der Waals surface area contributed by atoms with Crippen LogP contribution in [0.25, 0.3) is 0 Å². The molecule has 0 radical (unpaired) electrons. The second-order valence-corrected chi connectivity index (χ2v) is 5.71. The van der Waals surface area contributed by atoms with Crippen molar-refractivity contribution in [2.45, 2.75) is 59.8 Å². The first kappa shape index (κ1) is 20.2. The number of hydrogen-bond donors (Lipinski definition) is 1. The van der Waals surface area contributed by atoms with Crippen LogP contribution in [-0.2, 0) is 14.3 Å². The monoisotopic (exact) mass is 308 g/mol. The molecule has 0 saturated carbocycles. The van der Waals surface area contributed by atoms with Crippen LogP contribution in [0, 0.1) is 0 Å². The van der Waals surface area contributed by atoms with E-state index in [9.17, 15) is 9.59 Å². The topological polar surface area (TPSA) is 63.6 Å². The van der Waals surface area contributed by atoms with Gasteiger partial charge in [-0.05, 0) is 59.5 Å². The molecule has 0 aromatic carbocycles. The van der Waals surface area contributed by atoms with E-state index in [1.165, 1.54) is 11.1 Å². The number of carboxylic acids is 1. The molecule has 0 heterocycles. The van der Waals surface area contributed by atoms with Crippen molar-refractivity contribution in [2.75, 3.05) is 6.61 Å². The van der Waals surface area contributed by atoms with E-state index in [-0.39, 0.29) is 6.61 Å². The zero-order valence-electron chi connectivity index (χ0n) is 14.1. The summed E-state index contributed by atoms with van der Waals surface area (Å²) in [4.78, 5) is 21.3. The highest BCUT2D eigenvalue weighted by atomic mass is 16.5. The summed E-state index contributed by atoms with van der Waals surface area (Å²) in [6.07, 6.45) is 9.77. The Kier molecular flexibility index (Phi) is 10.8. The molecule has 0 aliphatic carbocycles. The lowest BCUT2D eigenvalue weighted by molar-refractivity contribution is -0.150. The van der Waals surface area contributed by atoms with Gasteiger partial charge in [0.25, 0.3) is 0 Å². The Morgan fingerprint density at radius 2 is 1.45 bits per heavy atom. The second-order valence-electron chi connectivity index (χ2n) is 5.71. The van der Waals surface area contributed by atoms with Gasteiger partial charge in [-0.3, -0.25) is 9.59 Å². The van der Waals surface area contributed by atoms with E-state index in [2.05, 4.69) is 32.9 Å². The Labute approximate surface area is 133 Å². The number of carboxylic acid groups (broad SMARTS) is 1. The Bertz CT molecular complexity index is 452. The number of carbonyl (C=O) groups is 2. The minimum Gasteiger partial charge on any atom is -0.481 e. The van der Waals surface area contributed by atoms with Crippen LogP contribution in [0.3, 0.4) is 0 Å². The third-order valence-electron chi connectivity index (χ3n) is 3.09. The quantitative estimate of drug-likeness (QED) is 0.368. The van der Waals surface area contributed by atoms with Crippen molar-refractivity contribution < 1.29 is 19.4 Å². The van der Waals surface area contributed by atoms with Gasteiger partial charge in [0.1, 0.15) is 13.0 Å². The molecule has 0 atom stereocenters. The highest BCUT2D eigenvalue weighted by Crippen LogP contribution is 2.11. The van der Waals surface area contributed by atoms with E-state index >= 15 is 0 Å². The minimum absolute atomic E-state index is 0.140. The Balaban J connectivity index is 3.94. The molecule has 0 amide bonds. The number of carbonyl (C=O) groups excluding carboxylic acids is 1. The molecule has 22 heavy (non-hydrogen) atoms. The molecule has 4 nitrogen and oxygen atoms in total. The van der Waals surface area contributed by atoms with Crippen molar-refractivity contribution >= 4 is 11.9 Å². The molecule has 4 heteroatoms. The van der Waals surface area contributed by atoms with Gasteiger partial charge in [-0.2, -0.15) is 0 Å². The zero-order valence-corrected chi connectivity index (χ0v) is 14.1. The predicted molar refractivity (Wildman–Crippen MR) is 88.6 cm³/mol. The van der Waals surface area contributed by atoms with Gasteiger partial charge in [-0.1, -0.05) is 28.9 Å². The number of ether oxygens (including phenoxy) is 1. The van der Waals surface area contributed by atoms with Gasteiger partial charge in [-0.15, -0.1) is 0 Å². The van der Waals surface area contributed by atoms with E-state index < -0.39 is 18.4 Å². The maximum absolute atomic E-state index is 11.0. The molecule has 0 bridgehead atoms. The number of hydrogen-bond acceptors (Lipinski definition) is 3. The van der Waals surface area contributed by atoms with Crippen molar-refractivity contribution in [1.29, 1.82) is 0 Å².